The van der Waals surface area contributed by atoms with E-state index in [2.05, 4.69) is 17.9 Å². The Morgan fingerprint density at radius 2 is 1.43 bits per heavy atom. The molecule has 2 aliphatic rings. The summed E-state index contributed by atoms with van der Waals surface area (Å²) in [5.74, 6) is 1.35. The van der Waals surface area contributed by atoms with Crippen LogP contribution in [0.15, 0.2) is 0 Å². The van der Waals surface area contributed by atoms with Crippen LogP contribution < -0.4 is 0 Å². The van der Waals surface area contributed by atoms with Crippen LogP contribution in [-0.2, 0) is 0 Å². The zero-order valence-electron chi connectivity index (χ0n) is 15.4. The molecule has 2 nitrogen and oxygen atoms in total. The minimum atomic E-state index is 0.348. The van der Waals surface area contributed by atoms with Gasteiger partial charge in [-0.3, -0.25) is 0 Å². The van der Waals surface area contributed by atoms with Crippen molar-refractivity contribution in [2.45, 2.75) is 103 Å². The molecule has 1 aliphatic carbocycles. The summed E-state index contributed by atoms with van der Waals surface area (Å²) in [5, 5.41) is 9.02. The fourth-order valence-corrected chi connectivity index (χ4v) is 4.57. The third kappa shape index (κ3) is 6.84. The molecular formula is C21H38N2. The summed E-state index contributed by atoms with van der Waals surface area (Å²) < 4.78 is 0. The molecule has 0 aromatic heterocycles. The fourth-order valence-electron chi connectivity index (χ4n) is 4.57. The maximum atomic E-state index is 9.02. The van der Waals surface area contributed by atoms with Gasteiger partial charge in [0.1, 0.15) is 0 Å². The second-order valence-electron chi connectivity index (χ2n) is 8.02. The Morgan fingerprint density at radius 1 is 0.826 bits per heavy atom. The van der Waals surface area contributed by atoms with E-state index in [4.69, 9.17) is 5.26 Å². The standard InChI is InChI=1S/C21H38N2/c1-2-3-4-5-6-7-8-9-19-14-16-23(17-15-19)21-12-10-20(18-22)11-13-21/h19-21H,2-17H2,1H3. The van der Waals surface area contributed by atoms with Gasteiger partial charge in [-0.15, -0.1) is 0 Å². The molecule has 0 spiro atoms. The largest absolute Gasteiger partial charge is 0.300 e. The molecule has 0 N–H and O–H groups in total. The van der Waals surface area contributed by atoms with Gasteiger partial charge in [0.15, 0.2) is 0 Å². The number of hydrogen-bond donors (Lipinski definition) is 0. The van der Waals surface area contributed by atoms with Crippen molar-refractivity contribution >= 4 is 0 Å². The summed E-state index contributed by atoms with van der Waals surface area (Å²) in [6.45, 7) is 4.94. The van der Waals surface area contributed by atoms with Crippen LogP contribution in [0, 0.1) is 23.2 Å². The molecule has 2 fully saturated rings. The molecule has 1 saturated carbocycles. The lowest BCUT2D eigenvalue weighted by atomic mass is 9.84. The van der Waals surface area contributed by atoms with Gasteiger partial charge in [-0.1, -0.05) is 58.3 Å². The summed E-state index contributed by atoms with van der Waals surface area (Å²) in [6.07, 6.45) is 19.2. The summed E-state index contributed by atoms with van der Waals surface area (Å²) in [5.41, 5.74) is 0. The van der Waals surface area contributed by atoms with E-state index in [9.17, 15) is 0 Å². The van der Waals surface area contributed by atoms with Crippen molar-refractivity contribution in [2.24, 2.45) is 11.8 Å². The Hall–Kier alpha value is -0.550. The van der Waals surface area contributed by atoms with E-state index in [-0.39, 0.29) is 0 Å². The number of hydrogen-bond acceptors (Lipinski definition) is 2. The molecule has 2 rings (SSSR count). The van der Waals surface area contributed by atoms with Gasteiger partial charge in [0.2, 0.25) is 0 Å². The van der Waals surface area contributed by atoms with Crippen molar-refractivity contribution < 1.29 is 0 Å². The maximum absolute atomic E-state index is 9.02. The average Bonchev–Trinajstić information content (AvgIpc) is 2.61. The molecule has 0 radical (unpaired) electrons. The van der Waals surface area contributed by atoms with Gasteiger partial charge in [-0.05, 0) is 57.5 Å². The molecule has 0 amide bonds. The molecule has 132 valence electrons. The molecule has 1 aliphatic heterocycles. The lowest BCUT2D eigenvalue weighted by Crippen LogP contribution is -2.43. The quantitative estimate of drug-likeness (QED) is 0.493. The second kappa shape index (κ2) is 11.1. The molecule has 23 heavy (non-hydrogen) atoms. The van der Waals surface area contributed by atoms with E-state index in [1.807, 2.05) is 0 Å². The first-order valence-corrected chi connectivity index (χ1v) is 10.5. The maximum Gasteiger partial charge on any atom is 0.0655 e. The van der Waals surface area contributed by atoms with Crippen LogP contribution in [0.5, 0.6) is 0 Å². The lowest BCUT2D eigenvalue weighted by Gasteiger charge is -2.40. The third-order valence-corrected chi connectivity index (χ3v) is 6.26. The minimum Gasteiger partial charge on any atom is -0.300 e. The zero-order chi connectivity index (χ0) is 16.3. The highest BCUT2D eigenvalue weighted by Gasteiger charge is 2.28. The van der Waals surface area contributed by atoms with Gasteiger partial charge in [0, 0.05) is 12.0 Å². The predicted molar refractivity (Wildman–Crippen MR) is 98.3 cm³/mol. The first kappa shape index (κ1) is 18.8. The first-order chi connectivity index (χ1) is 11.3. The number of likely N-dealkylation sites (tertiary alicyclic amines) is 1. The van der Waals surface area contributed by atoms with Gasteiger partial charge < -0.3 is 4.90 Å². The summed E-state index contributed by atoms with van der Waals surface area (Å²) in [6, 6.07) is 3.25. The number of rotatable bonds is 9. The predicted octanol–water partition coefficient (Wildman–Crippen LogP) is 5.92. The van der Waals surface area contributed by atoms with Crippen molar-refractivity contribution in [3.8, 4) is 6.07 Å². The van der Waals surface area contributed by atoms with Crippen molar-refractivity contribution in [2.75, 3.05) is 13.1 Å². The highest BCUT2D eigenvalue weighted by Crippen LogP contribution is 2.31. The normalized spacial score (nSPS) is 27.0. The van der Waals surface area contributed by atoms with E-state index in [0.29, 0.717) is 5.92 Å². The molecule has 0 bridgehead atoms. The molecular weight excluding hydrogens is 280 g/mol. The van der Waals surface area contributed by atoms with E-state index in [1.54, 1.807) is 0 Å². The topological polar surface area (TPSA) is 27.0 Å². The van der Waals surface area contributed by atoms with Crippen LogP contribution in [0.2, 0.25) is 0 Å². The number of nitriles is 1. The Balaban J connectivity index is 1.50. The van der Waals surface area contributed by atoms with Crippen LogP contribution in [-0.4, -0.2) is 24.0 Å². The zero-order valence-corrected chi connectivity index (χ0v) is 15.4. The SMILES string of the molecule is CCCCCCCCCC1CCN(C2CCC(C#N)CC2)CC1. The third-order valence-electron chi connectivity index (χ3n) is 6.26. The summed E-state index contributed by atoms with van der Waals surface area (Å²) in [7, 11) is 0. The fraction of sp³-hybridized carbons (Fsp3) is 0.952. The highest BCUT2D eigenvalue weighted by atomic mass is 15.2. The monoisotopic (exact) mass is 318 g/mol. The van der Waals surface area contributed by atoms with Crippen molar-refractivity contribution in [1.82, 2.24) is 4.90 Å². The molecule has 0 aromatic rings. The highest BCUT2D eigenvalue weighted by molar-refractivity contribution is 4.90. The van der Waals surface area contributed by atoms with Gasteiger partial charge in [-0.2, -0.15) is 5.26 Å². The molecule has 0 unspecified atom stereocenters. The van der Waals surface area contributed by atoms with E-state index >= 15 is 0 Å². The Morgan fingerprint density at radius 3 is 2.04 bits per heavy atom. The number of nitrogens with zero attached hydrogens (tertiary/aromatic N) is 2. The van der Waals surface area contributed by atoms with Crippen LogP contribution in [0.4, 0.5) is 0 Å². The van der Waals surface area contributed by atoms with Crippen LogP contribution >= 0.6 is 0 Å². The summed E-state index contributed by atoms with van der Waals surface area (Å²) in [4.78, 5) is 2.74. The average molecular weight is 319 g/mol. The molecule has 1 heterocycles. The Kier molecular flexibility index (Phi) is 9.05. The minimum absolute atomic E-state index is 0.348. The van der Waals surface area contributed by atoms with Gasteiger partial charge in [-0.25, -0.2) is 0 Å². The molecule has 2 heteroatoms. The van der Waals surface area contributed by atoms with E-state index in [0.717, 1.165) is 24.8 Å². The van der Waals surface area contributed by atoms with Crippen molar-refractivity contribution in [1.29, 1.82) is 5.26 Å². The van der Waals surface area contributed by atoms with Gasteiger partial charge in [0.05, 0.1) is 6.07 Å². The van der Waals surface area contributed by atoms with Gasteiger partial charge >= 0.3 is 0 Å². The first-order valence-electron chi connectivity index (χ1n) is 10.5. The van der Waals surface area contributed by atoms with Crippen LogP contribution in [0.3, 0.4) is 0 Å². The molecule has 0 atom stereocenters. The molecule has 0 aromatic carbocycles. The number of unbranched alkanes of at least 4 members (excludes halogenated alkanes) is 6. The second-order valence-corrected chi connectivity index (χ2v) is 8.02. The Labute approximate surface area is 144 Å². The number of piperidine rings is 1. The van der Waals surface area contributed by atoms with Crippen LogP contribution in [0.1, 0.15) is 96.8 Å². The Bertz CT molecular complexity index is 330. The van der Waals surface area contributed by atoms with Crippen molar-refractivity contribution in [3.05, 3.63) is 0 Å². The van der Waals surface area contributed by atoms with E-state index < -0.39 is 0 Å². The van der Waals surface area contributed by atoms with Crippen molar-refractivity contribution in [3.63, 3.8) is 0 Å². The van der Waals surface area contributed by atoms with E-state index in [1.165, 1.54) is 90.1 Å². The van der Waals surface area contributed by atoms with Gasteiger partial charge in [0.25, 0.3) is 0 Å². The smallest absolute Gasteiger partial charge is 0.0655 e. The van der Waals surface area contributed by atoms with Crippen LogP contribution in [0.25, 0.3) is 0 Å². The molecule has 1 saturated heterocycles. The lowest BCUT2D eigenvalue weighted by molar-refractivity contribution is 0.0975. The summed E-state index contributed by atoms with van der Waals surface area (Å²) >= 11 is 0.